The lowest BCUT2D eigenvalue weighted by Crippen LogP contribution is -2.52. The van der Waals surface area contributed by atoms with E-state index in [1.807, 2.05) is 0 Å². The lowest BCUT2D eigenvalue weighted by atomic mass is 10.2. The van der Waals surface area contributed by atoms with Crippen LogP contribution in [0.3, 0.4) is 0 Å². The molecule has 5 rings (SSSR count). The van der Waals surface area contributed by atoms with E-state index in [0.717, 1.165) is 26.2 Å². The van der Waals surface area contributed by atoms with Crippen LogP contribution in [0, 0.1) is 0 Å². The number of halogens is 3. The van der Waals surface area contributed by atoms with Crippen LogP contribution in [0.4, 0.5) is 11.4 Å². The number of pyridine rings is 1. The molecule has 0 spiro atoms. The van der Waals surface area contributed by atoms with Gasteiger partial charge in [-0.05, 0) is 43.4 Å². The molecule has 1 aromatic heterocycles. The van der Waals surface area contributed by atoms with Gasteiger partial charge in [0.05, 0.1) is 38.9 Å². The van der Waals surface area contributed by atoms with E-state index in [4.69, 9.17) is 39.5 Å². The summed E-state index contributed by atoms with van der Waals surface area (Å²) >= 11 is 18.5. The van der Waals surface area contributed by atoms with Crippen molar-refractivity contribution in [3.8, 4) is 5.88 Å². The molecule has 2 aliphatic heterocycles. The van der Waals surface area contributed by atoms with Gasteiger partial charge in [-0.1, -0.05) is 46.9 Å². The van der Waals surface area contributed by atoms with Crippen molar-refractivity contribution < 1.29 is 17.9 Å². The molecule has 2 aromatic carbocycles. The number of nitrogens with one attached hydrogen (secondary N) is 1. The zero-order valence-electron chi connectivity index (χ0n) is 21.0. The van der Waals surface area contributed by atoms with Gasteiger partial charge in [-0.25, -0.2) is 13.4 Å². The number of hydrogen-bond acceptors (Lipinski definition) is 7. The van der Waals surface area contributed by atoms with Crippen LogP contribution in [0.2, 0.25) is 15.1 Å². The average Bonchev–Trinajstić information content (AvgIpc) is 2.89. The van der Waals surface area contributed by atoms with Crippen molar-refractivity contribution in [3.05, 3.63) is 75.4 Å². The van der Waals surface area contributed by atoms with Crippen LogP contribution in [-0.4, -0.2) is 81.5 Å². The normalized spacial score (nSPS) is 18.4. The minimum absolute atomic E-state index is 0.0403. The first-order chi connectivity index (χ1) is 18.6. The summed E-state index contributed by atoms with van der Waals surface area (Å²) in [7, 11) is -1.97. The van der Waals surface area contributed by atoms with Crippen LogP contribution in [0.25, 0.3) is 0 Å². The summed E-state index contributed by atoms with van der Waals surface area (Å²) < 4.78 is 35.2. The summed E-state index contributed by atoms with van der Waals surface area (Å²) in [6, 6.07) is 12.3. The number of rotatable bonds is 6. The van der Waals surface area contributed by atoms with Crippen molar-refractivity contribution in [2.24, 2.45) is 0 Å². The standard InChI is InChI=1S/C26H26Cl3N5O4S/c1-32-8-10-33(11-9-32)15-19-16-34(39(36,37)20-5-2-4-17(27)12-20)23-13-18(14-30-26(23)38-19)31-25(35)24-21(28)6-3-7-22(24)29/h2-7,12-14,19H,8-11,15-16H2,1H3,(H,31,35). The Kier molecular flexibility index (Phi) is 8.23. The first-order valence-electron chi connectivity index (χ1n) is 12.2. The lowest BCUT2D eigenvalue weighted by Gasteiger charge is -2.39. The Labute approximate surface area is 242 Å². The summed E-state index contributed by atoms with van der Waals surface area (Å²) in [5.41, 5.74) is 0.556. The molecule has 2 aliphatic rings. The number of benzene rings is 2. The van der Waals surface area contributed by atoms with Crippen LogP contribution >= 0.6 is 34.8 Å². The highest BCUT2D eigenvalue weighted by Crippen LogP contribution is 2.38. The molecule has 3 heterocycles. The molecule has 206 valence electrons. The number of likely N-dealkylation sites (N-methyl/N-ethyl adjacent to an activating group) is 1. The van der Waals surface area contributed by atoms with E-state index in [1.54, 1.807) is 30.3 Å². The largest absolute Gasteiger partial charge is 0.470 e. The van der Waals surface area contributed by atoms with E-state index in [-0.39, 0.29) is 44.3 Å². The Morgan fingerprint density at radius 2 is 1.74 bits per heavy atom. The highest BCUT2D eigenvalue weighted by Gasteiger charge is 2.37. The molecule has 0 bridgehead atoms. The number of sulfonamides is 1. The van der Waals surface area contributed by atoms with Crippen LogP contribution in [0.1, 0.15) is 10.4 Å². The number of nitrogens with zero attached hydrogens (tertiary/aromatic N) is 4. The SMILES string of the molecule is CN1CCN(CC2CN(S(=O)(=O)c3cccc(Cl)c3)c3cc(NC(=O)c4c(Cl)cccc4Cl)cnc3O2)CC1. The van der Waals surface area contributed by atoms with Crippen LogP contribution in [0.5, 0.6) is 5.88 Å². The van der Waals surface area contributed by atoms with Gasteiger partial charge in [0.1, 0.15) is 11.8 Å². The van der Waals surface area contributed by atoms with Crippen molar-refractivity contribution >= 4 is 62.1 Å². The molecule has 0 aliphatic carbocycles. The molecule has 1 fully saturated rings. The smallest absolute Gasteiger partial charge is 0.264 e. The average molecular weight is 611 g/mol. The van der Waals surface area contributed by atoms with Crippen LogP contribution in [-0.2, 0) is 10.0 Å². The number of anilines is 2. The number of carbonyl (C=O) groups excluding carboxylic acids is 1. The first-order valence-corrected chi connectivity index (χ1v) is 14.8. The second kappa shape index (κ2) is 11.5. The Balaban J connectivity index is 1.48. The fourth-order valence-corrected chi connectivity index (χ4v) is 6.92. The molecule has 0 saturated carbocycles. The summed E-state index contributed by atoms with van der Waals surface area (Å²) in [5, 5.41) is 3.38. The van der Waals surface area contributed by atoms with Gasteiger partial charge in [-0.15, -0.1) is 0 Å². The highest BCUT2D eigenvalue weighted by molar-refractivity contribution is 7.92. The highest BCUT2D eigenvalue weighted by atomic mass is 35.5. The van der Waals surface area contributed by atoms with Gasteiger partial charge in [0.25, 0.3) is 15.9 Å². The van der Waals surface area contributed by atoms with E-state index < -0.39 is 22.0 Å². The third-order valence-corrected chi connectivity index (χ3v) is 9.28. The Bertz CT molecular complexity index is 1480. The van der Waals surface area contributed by atoms with E-state index in [0.29, 0.717) is 11.6 Å². The summed E-state index contributed by atoms with van der Waals surface area (Å²) in [4.78, 5) is 21.9. The van der Waals surface area contributed by atoms with E-state index in [9.17, 15) is 13.2 Å². The second-order valence-corrected chi connectivity index (χ2v) is 12.5. The third kappa shape index (κ3) is 6.11. The van der Waals surface area contributed by atoms with Gasteiger partial charge in [-0.3, -0.25) is 14.0 Å². The molecule has 1 unspecified atom stereocenters. The van der Waals surface area contributed by atoms with Gasteiger partial charge in [0.2, 0.25) is 5.88 Å². The van der Waals surface area contributed by atoms with Gasteiger partial charge >= 0.3 is 0 Å². The maximum Gasteiger partial charge on any atom is 0.264 e. The summed E-state index contributed by atoms with van der Waals surface area (Å²) in [6.07, 6.45) is 0.953. The maximum atomic E-state index is 13.9. The van der Waals surface area contributed by atoms with Crippen molar-refractivity contribution in [1.82, 2.24) is 14.8 Å². The zero-order chi connectivity index (χ0) is 27.7. The van der Waals surface area contributed by atoms with Crippen LogP contribution < -0.4 is 14.4 Å². The number of aromatic nitrogens is 1. The van der Waals surface area contributed by atoms with Gasteiger partial charge in [0.15, 0.2) is 0 Å². The Morgan fingerprint density at radius 3 is 2.44 bits per heavy atom. The maximum absolute atomic E-state index is 13.9. The van der Waals surface area contributed by atoms with E-state index >= 15 is 0 Å². The fourth-order valence-electron chi connectivity index (χ4n) is 4.56. The number of fused-ring (bicyclic) bond motifs is 1. The predicted octanol–water partition coefficient (Wildman–Crippen LogP) is 4.50. The van der Waals surface area contributed by atoms with Crippen molar-refractivity contribution in [1.29, 1.82) is 0 Å². The summed E-state index contributed by atoms with van der Waals surface area (Å²) in [6.45, 7) is 4.15. The van der Waals surface area contributed by atoms with Crippen molar-refractivity contribution in [2.75, 3.05) is 55.9 Å². The Hall–Kier alpha value is -2.60. The zero-order valence-corrected chi connectivity index (χ0v) is 24.1. The number of carbonyl (C=O) groups is 1. The topological polar surface area (TPSA) is 95.1 Å². The minimum atomic E-state index is -4.04. The van der Waals surface area contributed by atoms with Gasteiger partial charge in [-0.2, -0.15) is 0 Å². The number of ether oxygens (including phenoxy) is 1. The molecule has 1 N–H and O–H groups in total. The molecule has 1 atom stereocenters. The number of piperazine rings is 1. The molecule has 3 aromatic rings. The van der Waals surface area contributed by atoms with Gasteiger partial charge < -0.3 is 15.0 Å². The Morgan fingerprint density at radius 1 is 1.05 bits per heavy atom. The molecule has 13 heteroatoms. The number of amides is 1. The van der Waals surface area contributed by atoms with Gasteiger partial charge in [0, 0.05) is 37.7 Å². The monoisotopic (exact) mass is 609 g/mol. The molecule has 39 heavy (non-hydrogen) atoms. The van der Waals surface area contributed by atoms with Crippen LogP contribution in [0.15, 0.2) is 59.6 Å². The fraction of sp³-hybridized carbons (Fsp3) is 0.308. The number of hydrogen-bond donors (Lipinski definition) is 1. The predicted molar refractivity (Wildman–Crippen MR) is 153 cm³/mol. The molecule has 1 amide bonds. The third-order valence-electron chi connectivity index (χ3n) is 6.64. The molecule has 0 radical (unpaired) electrons. The van der Waals surface area contributed by atoms with Crippen molar-refractivity contribution in [2.45, 2.75) is 11.0 Å². The molecule has 9 nitrogen and oxygen atoms in total. The second-order valence-electron chi connectivity index (χ2n) is 9.44. The molecular weight excluding hydrogens is 585 g/mol. The summed E-state index contributed by atoms with van der Waals surface area (Å²) in [5.74, 6) is -0.402. The van der Waals surface area contributed by atoms with E-state index in [2.05, 4.69) is 27.1 Å². The quantitative estimate of drug-likeness (QED) is 0.439. The lowest BCUT2D eigenvalue weighted by molar-refractivity contribution is 0.0912. The van der Waals surface area contributed by atoms with Crippen molar-refractivity contribution in [3.63, 3.8) is 0 Å². The van der Waals surface area contributed by atoms with E-state index in [1.165, 1.54) is 28.7 Å². The first kappa shape index (κ1) is 27.9. The minimum Gasteiger partial charge on any atom is -0.470 e. The molecular formula is C26H26Cl3N5O4S. The molecule has 1 saturated heterocycles.